The number of anilines is 1. The van der Waals surface area contributed by atoms with Crippen molar-refractivity contribution < 1.29 is 32.6 Å². The Morgan fingerprint density at radius 1 is 1.23 bits per heavy atom. The molecule has 0 unspecified atom stereocenters. The average molecular weight is 620 g/mol. The number of piperidine rings is 1. The maximum absolute atomic E-state index is 13.4. The van der Waals surface area contributed by atoms with Crippen LogP contribution in [-0.2, 0) is 16.3 Å². The largest absolute Gasteiger partial charge is 0.490 e. The number of nitrogens with one attached hydrogen (secondary N) is 2. The summed E-state index contributed by atoms with van der Waals surface area (Å²) in [6.07, 6.45) is 5.58. The third-order valence-corrected chi connectivity index (χ3v) is 9.01. The van der Waals surface area contributed by atoms with E-state index in [0.29, 0.717) is 12.5 Å². The van der Waals surface area contributed by atoms with Gasteiger partial charge >= 0.3 is 12.1 Å². The number of imidazole rings is 1. The number of carbonyl (C=O) groups is 2. The summed E-state index contributed by atoms with van der Waals surface area (Å²) in [6, 6.07) is 9.58. The van der Waals surface area contributed by atoms with Crippen LogP contribution in [0.3, 0.4) is 0 Å². The number of allylic oxidation sites excluding steroid dienone is 2. The molecular formula is C30H40F3N5O4Si. The van der Waals surface area contributed by atoms with Crippen molar-refractivity contribution in [3.63, 3.8) is 0 Å². The number of carboxylic acid groups (broad SMARTS) is 1. The number of hydrogen-bond acceptors (Lipinski definition) is 6. The average Bonchev–Trinajstić information content (AvgIpc) is 3.39. The van der Waals surface area contributed by atoms with Crippen LogP contribution in [0.5, 0.6) is 0 Å². The third-order valence-electron chi connectivity index (χ3n) is 7.30. The molecule has 4 rings (SSSR count). The summed E-state index contributed by atoms with van der Waals surface area (Å²) in [5.41, 5.74) is 4.79. The second-order valence-electron chi connectivity index (χ2n) is 11.9. The van der Waals surface area contributed by atoms with E-state index in [0.717, 1.165) is 56.1 Å². The highest BCUT2D eigenvalue weighted by Gasteiger charge is 2.38. The Labute approximate surface area is 251 Å². The van der Waals surface area contributed by atoms with Gasteiger partial charge in [0.05, 0.1) is 0 Å². The number of aromatic nitrogens is 2. The van der Waals surface area contributed by atoms with Gasteiger partial charge in [0.15, 0.2) is 5.69 Å². The van der Waals surface area contributed by atoms with Crippen LogP contribution in [0, 0.1) is 11.3 Å². The fourth-order valence-electron chi connectivity index (χ4n) is 4.90. The highest BCUT2D eigenvalue weighted by molar-refractivity contribution is 6.76. The predicted octanol–water partition coefficient (Wildman–Crippen LogP) is 6.38. The molecule has 0 atom stereocenters. The monoisotopic (exact) mass is 619 g/mol. The van der Waals surface area contributed by atoms with Crippen LogP contribution in [0.25, 0.3) is 5.57 Å². The van der Waals surface area contributed by atoms with Crippen LogP contribution in [0.2, 0.25) is 25.7 Å². The molecule has 2 aromatic rings. The van der Waals surface area contributed by atoms with E-state index in [4.69, 9.17) is 14.6 Å². The lowest BCUT2D eigenvalue weighted by atomic mass is 9.86. The summed E-state index contributed by atoms with van der Waals surface area (Å²) >= 11 is 0. The number of carbonyl (C=O) groups excluding carboxylic acids is 1. The van der Waals surface area contributed by atoms with Crippen molar-refractivity contribution in [1.29, 1.82) is 5.26 Å². The molecular weight excluding hydrogens is 579 g/mol. The van der Waals surface area contributed by atoms with Gasteiger partial charge in [0.25, 0.3) is 5.91 Å². The predicted molar refractivity (Wildman–Crippen MR) is 160 cm³/mol. The first-order valence-electron chi connectivity index (χ1n) is 14.5. The van der Waals surface area contributed by atoms with Gasteiger partial charge in [-0.15, -0.1) is 0 Å². The van der Waals surface area contributed by atoms with Crippen LogP contribution in [0.4, 0.5) is 18.9 Å². The molecule has 1 amide bonds. The normalized spacial score (nSPS) is 16.0. The first-order chi connectivity index (χ1) is 20.3. The van der Waals surface area contributed by atoms with Gasteiger partial charge in [-0.2, -0.15) is 18.4 Å². The number of carboxylic acids is 1. The maximum Gasteiger partial charge on any atom is 0.490 e. The van der Waals surface area contributed by atoms with Gasteiger partial charge < -0.3 is 25.0 Å². The van der Waals surface area contributed by atoms with E-state index in [1.54, 1.807) is 10.8 Å². The van der Waals surface area contributed by atoms with Crippen molar-refractivity contribution in [1.82, 2.24) is 14.9 Å². The van der Waals surface area contributed by atoms with Gasteiger partial charge in [-0.25, -0.2) is 9.78 Å². The standard InChI is InChI=1S/C28H39N5O2Si.C2HF3O2/c1-36(2,3)16-15-35-20-33-19-24(18-29)31-27(33)28(34)32-26-10-9-23(21-11-13-30-14-12-21)17-25(26)22-7-5-4-6-8-22;3-2(4,5)1(6)7/h7,9-10,17,19,21,30H,4-6,8,11-16,20H2,1-3H3,(H,32,34);(H,6,7). The molecule has 1 aliphatic carbocycles. The third kappa shape index (κ3) is 10.6. The van der Waals surface area contributed by atoms with Crippen LogP contribution < -0.4 is 10.6 Å². The Hall–Kier alpha value is -3.47. The number of benzene rings is 1. The molecule has 43 heavy (non-hydrogen) atoms. The topological polar surface area (TPSA) is 129 Å². The van der Waals surface area contributed by atoms with Crippen LogP contribution in [0.15, 0.2) is 30.5 Å². The summed E-state index contributed by atoms with van der Waals surface area (Å²) in [5, 5.41) is 23.1. The molecule has 0 spiro atoms. The highest BCUT2D eigenvalue weighted by atomic mass is 28.3. The van der Waals surface area contributed by atoms with Gasteiger partial charge in [0.1, 0.15) is 12.8 Å². The van der Waals surface area contributed by atoms with Gasteiger partial charge in [-0.3, -0.25) is 4.79 Å². The molecule has 1 saturated heterocycles. The van der Waals surface area contributed by atoms with E-state index in [-0.39, 0.29) is 24.2 Å². The quantitative estimate of drug-likeness (QED) is 0.220. The number of alkyl halides is 3. The SMILES string of the molecule is C[Si](C)(C)CCOCn1cc(C#N)nc1C(=O)Nc1ccc(C2CCNCC2)cc1C1=CCCCC1.O=C(O)C(F)(F)F. The van der Waals surface area contributed by atoms with Crippen molar-refractivity contribution in [2.24, 2.45) is 0 Å². The van der Waals surface area contributed by atoms with E-state index in [1.165, 1.54) is 24.0 Å². The zero-order chi connectivity index (χ0) is 31.6. The van der Waals surface area contributed by atoms with Gasteiger partial charge in [-0.05, 0) is 86.8 Å². The first-order valence-corrected chi connectivity index (χ1v) is 18.2. The second-order valence-corrected chi connectivity index (χ2v) is 17.6. The molecule has 1 fully saturated rings. The number of nitrogens with zero attached hydrogens (tertiary/aromatic N) is 3. The van der Waals surface area contributed by atoms with Crippen molar-refractivity contribution >= 4 is 31.2 Å². The summed E-state index contributed by atoms with van der Waals surface area (Å²) < 4.78 is 39.2. The fourth-order valence-corrected chi connectivity index (χ4v) is 5.65. The lowest BCUT2D eigenvalue weighted by Crippen LogP contribution is -2.26. The van der Waals surface area contributed by atoms with Crippen LogP contribution in [0.1, 0.15) is 71.9 Å². The van der Waals surface area contributed by atoms with Crippen molar-refractivity contribution in [2.75, 3.05) is 25.0 Å². The lowest BCUT2D eigenvalue weighted by Gasteiger charge is -2.25. The Kier molecular flexibility index (Phi) is 12.1. The molecule has 1 aromatic heterocycles. The summed E-state index contributed by atoms with van der Waals surface area (Å²) in [5.74, 6) is -2.33. The summed E-state index contributed by atoms with van der Waals surface area (Å²) in [4.78, 5) is 26.6. The number of amides is 1. The van der Waals surface area contributed by atoms with Crippen LogP contribution in [-0.4, -0.2) is 60.5 Å². The van der Waals surface area contributed by atoms with E-state index in [9.17, 15) is 23.2 Å². The van der Waals surface area contributed by atoms with Gasteiger partial charge in [-0.1, -0.05) is 31.8 Å². The molecule has 0 saturated carbocycles. The minimum atomic E-state index is -5.08. The molecule has 1 aliphatic heterocycles. The molecule has 0 radical (unpaired) electrons. The smallest absolute Gasteiger partial charge is 0.475 e. The number of rotatable bonds is 9. The van der Waals surface area contributed by atoms with E-state index in [2.05, 4.69) is 59.5 Å². The zero-order valence-corrected chi connectivity index (χ0v) is 25.9. The number of halogens is 3. The minimum absolute atomic E-state index is 0.200. The number of aliphatic carboxylic acids is 1. The van der Waals surface area contributed by atoms with E-state index in [1.807, 2.05) is 6.07 Å². The first kappa shape index (κ1) is 34.0. The Balaban J connectivity index is 0.000000646. The minimum Gasteiger partial charge on any atom is -0.475 e. The Morgan fingerprint density at radius 2 is 1.93 bits per heavy atom. The number of hydrogen-bond donors (Lipinski definition) is 3. The molecule has 2 aliphatic rings. The van der Waals surface area contributed by atoms with E-state index < -0.39 is 20.2 Å². The molecule has 9 nitrogen and oxygen atoms in total. The van der Waals surface area contributed by atoms with Crippen LogP contribution >= 0.6 is 0 Å². The molecule has 2 heterocycles. The summed E-state index contributed by atoms with van der Waals surface area (Å²) in [6.45, 7) is 9.83. The molecule has 13 heteroatoms. The molecule has 0 bridgehead atoms. The van der Waals surface area contributed by atoms with Crippen molar-refractivity contribution in [3.8, 4) is 6.07 Å². The number of nitriles is 1. The number of ether oxygens (including phenoxy) is 1. The van der Waals surface area contributed by atoms with Gasteiger partial charge in [0, 0.05) is 32.1 Å². The Bertz CT molecular complexity index is 1340. The molecule has 234 valence electrons. The molecule has 1 aromatic carbocycles. The molecule has 3 N–H and O–H groups in total. The van der Waals surface area contributed by atoms with Crippen molar-refractivity contribution in [3.05, 3.63) is 53.1 Å². The maximum atomic E-state index is 13.4. The second kappa shape index (κ2) is 15.3. The lowest BCUT2D eigenvalue weighted by molar-refractivity contribution is -0.192. The van der Waals surface area contributed by atoms with Crippen molar-refractivity contribution in [2.45, 2.75) is 83.0 Å². The van der Waals surface area contributed by atoms with E-state index >= 15 is 0 Å². The zero-order valence-electron chi connectivity index (χ0n) is 24.9. The highest BCUT2D eigenvalue weighted by Crippen LogP contribution is 2.36. The fraction of sp³-hybridized carbons (Fsp3) is 0.533. The summed E-state index contributed by atoms with van der Waals surface area (Å²) in [7, 11) is -1.21. The Morgan fingerprint density at radius 3 is 2.51 bits per heavy atom. The van der Waals surface area contributed by atoms with Gasteiger partial charge in [0.2, 0.25) is 5.82 Å².